The Hall–Kier alpha value is -2.39. The van der Waals surface area contributed by atoms with Crippen molar-refractivity contribution in [2.24, 2.45) is 5.73 Å². The molecule has 0 radical (unpaired) electrons. The molecule has 1 heterocycles. The highest BCUT2D eigenvalue weighted by atomic mass is 16.5. The van der Waals surface area contributed by atoms with E-state index in [1.807, 2.05) is 37.3 Å². The van der Waals surface area contributed by atoms with E-state index in [4.69, 9.17) is 10.5 Å². The third-order valence-corrected chi connectivity index (χ3v) is 3.51. The van der Waals surface area contributed by atoms with Gasteiger partial charge in [0, 0.05) is 11.6 Å². The van der Waals surface area contributed by atoms with Gasteiger partial charge in [-0.1, -0.05) is 18.2 Å². The summed E-state index contributed by atoms with van der Waals surface area (Å²) in [4.78, 5) is 4.36. The predicted molar refractivity (Wildman–Crippen MR) is 85.8 cm³/mol. The highest BCUT2D eigenvalue weighted by molar-refractivity contribution is 5.85. The lowest BCUT2D eigenvalue weighted by molar-refractivity contribution is 0.483. The zero-order chi connectivity index (χ0) is 14.7. The molecule has 2 N–H and O–H groups in total. The van der Waals surface area contributed by atoms with Crippen molar-refractivity contribution < 1.29 is 4.74 Å². The van der Waals surface area contributed by atoms with Crippen LogP contribution in [0.5, 0.6) is 11.5 Å². The van der Waals surface area contributed by atoms with E-state index in [0.29, 0.717) is 6.54 Å². The molecule has 3 aromatic rings. The van der Waals surface area contributed by atoms with Gasteiger partial charge < -0.3 is 10.5 Å². The third-order valence-electron chi connectivity index (χ3n) is 3.51. The standard InChI is InChI=1S/C18H18N2O/c1-13-7-8-14(9-10-19)12-18(13)21-17-6-2-5-16-15(17)4-3-11-20-16/h2-8,11-12H,9-10,19H2,1H3. The van der Waals surface area contributed by atoms with Crippen LogP contribution in [0, 0.1) is 6.92 Å². The van der Waals surface area contributed by atoms with Crippen molar-refractivity contribution in [1.29, 1.82) is 0 Å². The summed E-state index contributed by atoms with van der Waals surface area (Å²) in [6.07, 6.45) is 2.65. The van der Waals surface area contributed by atoms with Crippen LogP contribution in [0.1, 0.15) is 11.1 Å². The van der Waals surface area contributed by atoms with E-state index in [1.165, 1.54) is 5.56 Å². The Balaban J connectivity index is 2.00. The molecule has 3 nitrogen and oxygen atoms in total. The number of hydrogen-bond acceptors (Lipinski definition) is 3. The first-order valence-electron chi connectivity index (χ1n) is 7.09. The average molecular weight is 278 g/mol. The summed E-state index contributed by atoms with van der Waals surface area (Å²) in [6.45, 7) is 2.69. The second kappa shape index (κ2) is 5.94. The van der Waals surface area contributed by atoms with Crippen LogP contribution in [0.15, 0.2) is 54.7 Å². The molecule has 0 aliphatic rings. The molecule has 0 aliphatic carbocycles. The molecule has 0 aliphatic heterocycles. The third kappa shape index (κ3) is 2.88. The molecular weight excluding hydrogens is 260 g/mol. The summed E-state index contributed by atoms with van der Waals surface area (Å²) in [6, 6.07) is 16.1. The van der Waals surface area contributed by atoms with E-state index in [9.17, 15) is 0 Å². The van der Waals surface area contributed by atoms with E-state index < -0.39 is 0 Å². The van der Waals surface area contributed by atoms with Gasteiger partial charge in [0.2, 0.25) is 0 Å². The summed E-state index contributed by atoms with van der Waals surface area (Å²) in [5.74, 6) is 1.70. The Bertz CT molecular complexity index is 763. The van der Waals surface area contributed by atoms with Crippen molar-refractivity contribution in [3.8, 4) is 11.5 Å². The molecule has 3 heteroatoms. The number of ether oxygens (including phenoxy) is 1. The number of benzene rings is 2. The smallest absolute Gasteiger partial charge is 0.136 e. The number of fused-ring (bicyclic) bond motifs is 1. The SMILES string of the molecule is Cc1ccc(CCN)cc1Oc1cccc2ncccc12. The van der Waals surface area contributed by atoms with E-state index >= 15 is 0 Å². The fraction of sp³-hybridized carbons (Fsp3) is 0.167. The molecule has 0 unspecified atom stereocenters. The zero-order valence-electron chi connectivity index (χ0n) is 12.0. The molecule has 0 atom stereocenters. The van der Waals surface area contributed by atoms with Crippen LogP contribution in [0.25, 0.3) is 10.9 Å². The quantitative estimate of drug-likeness (QED) is 0.789. The van der Waals surface area contributed by atoms with Crippen LogP contribution in [0.4, 0.5) is 0 Å². The van der Waals surface area contributed by atoms with E-state index in [2.05, 4.69) is 23.2 Å². The van der Waals surface area contributed by atoms with Gasteiger partial charge in [0.1, 0.15) is 11.5 Å². The Morgan fingerprint density at radius 3 is 2.81 bits per heavy atom. The molecular formula is C18H18N2O. The number of nitrogens with two attached hydrogens (primary N) is 1. The predicted octanol–water partition coefficient (Wildman–Crippen LogP) is 3.84. The number of aryl methyl sites for hydroxylation is 1. The monoisotopic (exact) mass is 278 g/mol. The molecule has 0 saturated heterocycles. The highest BCUT2D eigenvalue weighted by Gasteiger charge is 2.07. The van der Waals surface area contributed by atoms with Crippen LogP contribution in [-0.2, 0) is 6.42 Å². The largest absolute Gasteiger partial charge is 0.456 e. The molecule has 3 rings (SSSR count). The summed E-state index contributed by atoms with van der Waals surface area (Å²) in [7, 11) is 0. The lowest BCUT2D eigenvalue weighted by atomic mass is 10.1. The first kappa shape index (κ1) is 13.6. The van der Waals surface area contributed by atoms with E-state index in [1.54, 1.807) is 6.20 Å². The Kier molecular flexibility index (Phi) is 3.84. The van der Waals surface area contributed by atoms with Gasteiger partial charge in [-0.15, -0.1) is 0 Å². The summed E-state index contributed by atoms with van der Waals surface area (Å²) < 4.78 is 6.13. The van der Waals surface area contributed by atoms with Crippen molar-refractivity contribution in [1.82, 2.24) is 4.98 Å². The summed E-state index contributed by atoms with van der Waals surface area (Å²) >= 11 is 0. The van der Waals surface area contributed by atoms with Crippen molar-refractivity contribution in [2.45, 2.75) is 13.3 Å². The Morgan fingerprint density at radius 2 is 1.95 bits per heavy atom. The highest BCUT2D eigenvalue weighted by Crippen LogP contribution is 2.31. The second-order valence-electron chi connectivity index (χ2n) is 5.07. The average Bonchev–Trinajstić information content (AvgIpc) is 2.51. The lowest BCUT2D eigenvalue weighted by Crippen LogP contribution is -2.03. The first-order chi connectivity index (χ1) is 10.3. The first-order valence-corrected chi connectivity index (χ1v) is 7.09. The van der Waals surface area contributed by atoms with Gasteiger partial charge in [-0.3, -0.25) is 4.98 Å². The van der Waals surface area contributed by atoms with Crippen molar-refractivity contribution in [2.75, 3.05) is 6.54 Å². The van der Waals surface area contributed by atoms with E-state index in [0.717, 1.165) is 34.4 Å². The summed E-state index contributed by atoms with van der Waals surface area (Å²) in [5.41, 5.74) is 8.86. The normalized spacial score (nSPS) is 10.8. The van der Waals surface area contributed by atoms with Crippen LogP contribution in [-0.4, -0.2) is 11.5 Å². The van der Waals surface area contributed by atoms with Gasteiger partial charge in [0.05, 0.1) is 5.52 Å². The number of nitrogens with zero attached hydrogens (tertiary/aromatic N) is 1. The van der Waals surface area contributed by atoms with Gasteiger partial charge >= 0.3 is 0 Å². The zero-order valence-corrected chi connectivity index (χ0v) is 12.0. The van der Waals surface area contributed by atoms with Crippen LogP contribution in [0.3, 0.4) is 0 Å². The minimum absolute atomic E-state index is 0.640. The molecule has 0 bridgehead atoms. The number of rotatable bonds is 4. The van der Waals surface area contributed by atoms with Gasteiger partial charge in [-0.2, -0.15) is 0 Å². The van der Waals surface area contributed by atoms with Crippen molar-refractivity contribution >= 4 is 10.9 Å². The fourth-order valence-corrected chi connectivity index (χ4v) is 2.36. The maximum atomic E-state index is 6.13. The molecule has 0 amide bonds. The fourth-order valence-electron chi connectivity index (χ4n) is 2.36. The molecule has 0 saturated carbocycles. The van der Waals surface area contributed by atoms with Gasteiger partial charge in [0.25, 0.3) is 0 Å². The Morgan fingerprint density at radius 1 is 1.05 bits per heavy atom. The summed E-state index contributed by atoms with van der Waals surface area (Å²) in [5, 5.41) is 1.02. The minimum atomic E-state index is 0.640. The maximum absolute atomic E-state index is 6.13. The minimum Gasteiger partial charge on any atom is -0.456 e. The van der Waals surface area contributed by atoms with Crippen molar-refractivity contribution in [3.63, 3.8) is 0 Å². The topological polar surface area (TPSA) is 48.1 Å². The van der Waals surface area contributed by atoms with Gasteiger partial charge in [0.15, 0.2) is 0 Å². The molecule has 21 heavy (non-hydrogen) atoms. The number of hydrogen-bond donors (Lipinski definition) is 1. The maximum Gasteiger partial charge on any atom is 0.136 e. The van der Waals surface area contributed by atoms with Crippen molar-refractivity contribution in [3.05, 3.63) is 65.9 Å². The number of pyridine rings is 1. The van der Waals surface area contributed by atoms with E-state index in [-0.39, 0.29) is 0 Å². The van der Waals surface area contributed by atoms with Gasteiger partial charge in [-0.25, -0.2) is 0 Å². The number of aromatic nitrogens is 1. The van der Waals surface area contributed by atoms with Crippen LogP contribution < -0.4 is 10.5 Å². The van der Waals surface area contributed by atoms with Crippen LogP contribution >= 0.6 is 0 Å². The van der Waals surface area contributed by atoms with Gasteiger partial charge in [-0.05, 0) is 61.3 Å². The molecule has 1 aromatic heterocycles. The molecule has 2 aromatic carbocycles. The second-order valence-corrected chi connectivity index (χ2v) is 5.07. The molecule has 0 fully saturated rings. The molecule has 106 valence electrons. The Labute approximate surface area is 124 Å². The molecule has 0 spiro atoms. The lowest BCUT2D eigenvalue weighted by Gasteiger charge is -2.12. The van der Waals surface area contributed by atoms with Crippen LogP contribution in [0.2, 0.25) is 0 Å².